The Morgan fingerprint density at radius 3 is 2.65 bits per heavy atom. The number of nitrogens with zero attached hydrogens (tertiary/aromatic N) is 4. The number of hydrogen-bond acceptors (Lipinski definition) is 4. The molecule has 0 aliphatic rings. The van der Waals surface area contributed by atoms with E-state index in [0.717, 1.165) is 18.5 Å². The number of H-pyrrole nitrogens is 1. The first kappa shape index (κ1) is 14.2. The molecule has 3 aromatic heterocycles. The number of imidazole rings is 1. The summed E-state index contributed by atoms with van der Waals surface area (Å²) >= 11 is 0. The third-order valence-corrected chi connectivity index (χ3v) is 2.54. The van der Waals surface area contributed by atoms with Gasteiger partial charge in [0.1, 0.15) is 5.52 Å². The number of fused-ring (bicyclic) bond motifs is 1. The molecule has 0 radical (unpaired) electrons. The van der Waals surface area contributed by atoms with Crippen LogP contribution in [0.3, 0.4) is 0 Å². The fourth-order valence-electron chi connectivity index (χ4n) is 1.69. The topological polar surface area (TPSA) is 67.3 Å². The summed E-state index contributed by atoms with van der Waals surface area (Å²) in [6, 6.07) is 0.896. The van der Waals surface area contributed by atoms with Crippen LogP contribution in [0.25, 0.3) is 22.6 Å². The standard InChI is InChI=1S/C11H6F3N5.ClH/c12-11(13,14)7-1-2-15-3-6(7)9-16-4-8-10(19-9)18-5-17-8;/h1-5H,(H,16,17,18,19);1H. The average molecular weight is 302 g/mol. The first-order valence-electron chi connectivity index (χ1n) is 5.23. The molecule has 0 aliphatic heterocycles. The van der Waals surface area contributed by atoms with Gasteiger partial charge in [0.25, 0.3) is 0 Å². The number of pyridine rings is 1. The van der Waals surface area contributed by atoms with Gasteiger partial charge in [-0.1, -0.05) is 0 Å². The largest absolute Gasteiger partial charge is 0.417 e. The van der Waals surface area contributed by atoms with E-state index >= 15 is 0 Å². The van der Waals surface area contributed by atoms with Gasteiger partial charge in [-0.25, -0.2) is 15.0 Å². The zero-order valence-corrected chi connectivity index (χ0v) is 10.5. The molecule has 3 rings (SSSR count). The summed E-state index contributed by atoms with van der Waals surface area (Å²) in [6.07, 6.45) is 0.479. The maximum atomic E-state index is 12.9. The summed E-state index contributed by atoms with van der Waals surface area (Å²) in [4.78, 5) is 18.2. The smallest absolute Gasteiger partial charge is 0.342 e. The summed E-state index contributed by atoms with van der Waals surface area (Å²) in [5.41, 5.74) is -0.125. The zero-order valence-electron chi connectivity index (χ0n) is 9.72. The molecule has 3 heterocycles. The van der Waals surface area contributed by atoms with Crippen LogP contribution in [0.15, 0.2) is 31.0 Å². The first-order valence-corrected chi connectivity index (χ1v) is 5.23. The van der Waals surface area contributed by atoms with Crippen molar-refractivity contribution in [1.29, 1.82) is 0 Å². The van der Waals surface area contributed by atoms with Crippen molar-refractivity contribution in [3.05, 3.63) is 36.5 Å². The molecular weight excluding hydrogens is 295 g/mol. The molecule has 0 spiro atoms. The number of hydrogen-bond donors (Lipinski definition) is 1. The van der Waals surface area contributed by atoms with E-state index in [9.17, 15) is 13.2 Å². The Hall–Kier alpha value is -2.22. The molecule has 0 aliphatic carbocycles. The van der Waals surface area contributed by atoms with Gasteiger partial charge in [-0.05, 0) is 6.07 Å². The minimum atomic E-state index is -4.48. The monoisotopic (exact) mass is 301 g/mol. The average Bonchev–Trinajstić information content (AvgIpc) is 2.85. The molecule has 0 fully saturated rings. The molecule has 0 bridgehead atoms. The molecule has 20 heavy (non-hydrogen) atoms. The third kappa shape index (κ3) is 2.42. The number of rotatable bonds is 1. The maximum absolute atomic E-state index is 12.9. The van der Waals surface area contributed by atoms with Crippen LogP contribution in [0, 0.1) is 0 Å². The van der Waals surface area contributed by atoms with Crippen LogP contribution in [0.4, 0.5) is 13.2 Å². The van der Waals surface area contributed by atoms with E-state index in [0.29, 0.717) is 11.2 Å². The van der Waals surface area contributed by atoms with E-state index in [2.05, 4.69) is 24.9 Å². The van der Waals surface area contributed by atoms with Gasteiger partial charge in [0.15, 0.2) is 11.5 Å². The molecule has 0 atom stereocenters. The number of aromatic amines is 1. The van der Waals surface area contributed by atoms with Crippen molar-refractivity contribution < 1.29 is 13.2 Å². The highest BCUT2D eigenvalue weighted by Gasteiger charge is 2.34. The van der Waals surface area contributed by atoms with E-state index in [1.165, 1.54) is 12.5 Å². The fourth-order valence-corrected chi connectivity index (χ4v) is 1.69. The summed E-state index contributed by atoms with van der Waals surface area (Å²) in [7, 11) is 0. The number of aromatic nitrogens is 5. The minimum absolute atomic E-state index is 0. The van der Waals surface area contributed by atoms with Gasteiger partial charge in [-0.2, -0.15) is 13.2 Å². The lowest BCUT2D eigenvalue weighted by atomic mass is 10.1. The normalized spacial score (nSPS) is 11.3. The second kappa shape index (κ2) is 5.04. The SMILES string of the molecule is Cl.FC(F)(F)c1ccncc1-c1ncc2[nH]cnc2n1. The first-order chi connectivity index (χ1) is 9.05. The summed E-state index contributed by atoms with van der Waals surface area (Å²) in [5.74, 6) is -0.0555. The van der Waals surface area contributed by atoms with Crippen LogP contribution in [0.2, 0.25) is 0 Å². The second-order valence-electron chi connectivity index (χ2n) is 3.75. The van der Waals surface area contributed by atoms with Gasteiger partial charge >= 0.3 is 6.18 Å². The quantitative estimate of drug-likeness (QED) is 0.750. The van der Waals surface area contributed by atoms with Gasteiger partial charge < -0.3 is 4.98 Å². The highest BCUT2D eigenvalue weighted by atomic mass is 35.5. The molecule has 0 aromatic carbocycles. The van der Waals surface area contributed by atoms with Gasteiger partial charge in [0.2, 0.25) is 0 Å². The molecule has 104 valence electrons. The molecule has 0 saturated heterocycles. The maximum Gasteiger partial charge on any atom is 0.417 e. The van der Waals surface area contributed by atoms with Crippen molar-refractivity contribution in [3.8, 4) is 11.4 Å². The Balaban J connectivity index is 0.00000147. The van der Waals surface area contributed by atoms with Gasteiger partial charge in [-0.15, -0.1) is 12.4 Å². The van der Waals surface area contributed by atoms with Crippen LogP contribution < -0.4 is 0 Å². The van der Waals surface area contributed by atoms with Crippen LogP contribution in [-0.4, -0.2) is 24.9 Å². The third-order valence-electron chi connectivity index (χ3n) is 2.54. The Kier molecular flexibility index (Phi) is 3.58. The Bertz CT molecular complexity index is 740. The van der Waals surface area contributed by atoms with E-state index in [4.69, 9.17) is 0 Å². The Morgan fingerprint density at radius 2 is 1.90 bits per heavy atom. The Morgan fingerprint density at radius 1 is 1.10 bits per heavy atom. The van der Waals surface area contributed by atoms with E-state index < -0.39 is 11.7 Å². The summed E-state index contributed by atoms with van der Waals surface area (Å²) in [5, 5.41) is 0. The molecule has 1 N–H and O–H groups in total. The van der Waals surface area contributed by atoms with Crippen molar-refractivity contribution in [2.45, 2.75) is 6.18 Å². The Labute approximate surface area is 116 Å². The van der Waals surface area contributed by atoms with Crippen molar-refractivity contribution in [2.75, 3.05) is 0 Å². The molecule has 5 nitrogen and oxygen atoms in total. The highest BCUT2D eigenvalue weighted by molar-refractivity contribution is 5.85. The lowest BCUT2D eigenvalue weighted by Gasteiger charge is -2.10. The molecular formula is C11H7ClF3N5. The van der Waals surface area contributed by atoms with Crippen molar-refractivity contribution in [3.63, 3.8) is 0 Å². The van der Waals surface area contributed by atoms with Crippen LogP contribution in [-0.2, 0) is 6.18 Å². The van der Waals surface area contributed by atoms with Crippen LogP contribution >= 0.6 is 12.4 Å². The van der Waals surface area contributed by atoms with E-state index in [1.807, 2.05) is 0 Å². The minimum Gasteiger partial charge on any atom is -0.342 e. The lowest BCUT2D eigenvalue weighted by Crippen LogP contribution is -2.08. The molecule has 0 amide bonds. The van der Waals surface area contributed by atoms with Crippen molar-refractivity contribution in [2.24, 2.45) is 0 Å². The number of halogens is 4. The lowest BCUT2D eigenvalue weighted by molar-refractivity contribution is -0.137. The second-order valence-corrected chi connectivity index (χ2v) is 3.75. The molecule has 9 heteroatoms. The highest BCUT2D eigenvalue weighted by Crippen LogP contribution is 2.35. The fraction of sp³-hybridized carbons (Fsp3) is 0.0909. The van der Waals surface area contributed by atoms with E-state index in [1.54, 1.807) is 0 Å². The summed E-state index contributed by atoms with van der Waals surface area (Å²) < 4.78 is 38.6. The number of alkyl halides is 3. The predicted molar refractivity (Wildman–Crippen MR) is 67.2 cm³/mol. The summed E-state index contributed by atoms with van der Waals surface area (Å²) in [6.45, 7) is 0. The molecule has 3 aromatic rings. The molecule has 0 saturated carbocycles. The zero-order chi connectivity index (χ0) is 13.5. The van der Waals surface area contributed by atoms with Crippen molar-refractivity contribution in [1.82, 2.24) is 24.9 Å². The molecule has 0 unspecified atom stereocenters. The van der Waals surface area contributed by atoms with Gasteiger partial charge in [-0.3, -0.25) is 4.98 Å². The van der Waals surface area contributed by atoms with Crippen LogP contribution in [0.1, 0.15) is 5.56 Å². The number of nitrogens with one attached hydrogen (secondary N) is 1. The van der Waals surface area contributed by atoms with E-state index in [-0.39, 0.29) is 23.8 Å². The van der Waals surface area contributed by atoms with Crippen molar-refractivity contribution >= 4 is 23.6 Å². The van der Waals surface area contributed by atoms with Gasteiger partial charge in [0.05, 0.1) is 18.1 Å². The van der Waals surface area contributed by atoms with Gasteiger partial charge in [0, 0.05) is 18.0 Å². The van der Waals surface area contributed by atoms with Crippen LogP contribution in [0.5, 0.6) is 0 Å². The predicted octanol–water partition coefficient (Wildman–Crippen LogP) is 2.86.